The lowest BCUT2D eigenvalue weighted by atomic mass is 10.0. The lowest BCUT2D eigenvalue weighted by Crippen LogP contribution is -2.30. The fourth-order valence-electron chi connectivity index (χ4n) is 12.2. The molecular formula is C79H154O17P2. The number of phosphoric ester groups is 2. The molecule has 0 saturated heterocycles. The summed E-state index contributed by atoms with van der Waals surface area (Å²) in [4.78, 5) is 72.9. The standard InChI is InChI=1S/C79H154O17P2/c1-6-9-12-15-18-21-24-25-30-34-39-43-48-53-58-63-77(82)90-69-75(96-79(84)65-60-55-50-45-40-35-32-29-27-26-28-31-33-38-41-46-51-56-61-72(4)5)71-94-98(87,88)92-67-73(80)66-91-97(85,86)93-70-74(95-78(83)64-59-54-49-44-37-23-20-17-14-11-8-3)68-89-76(81)62-57-52-47-42-36-22-19-16-13-10-7-2/h72-75,80H,6-71H2,1-5H3,(H,85,86)(H,87,88)/t73-,74+,75+/m0/s1. The van der Waals surface area contributed by atoms with Crippen LogP contribution in [0.15, 0.2) is 0 Å². The van der Waals surface area contributed by atoms with E-state index < -0.39 is 97.5 Å². The summed E-state index contributed by atoms with van der Waals surface area (Å²) in [6, 6.07) is 0. The van der Waals surface area contributed by atoms with Gasteiger partial charge in [-0.3, -0.25) is 37.3 Å². The van der Waals surface area contributed by atoms with Gasteiger partial charge < -0.3 is 33.8 Å². The Morgan fingerprint density at radius 1 is 0.276 bits per heavy atom. The zero-order valence-corrected chi connectivity index (χ0v) is 65.7. The molecule has 0 aliphatic rings. The van der Waals surface area contributed by atoms with Crippen molar-refractivity contribution in [3.8, 4) is 0 Å². The lowest BCUT2D eigenvalue weighted by Gasteiger charge is -2.21. The molecule has 0 saturated carbocycles. The highest BCUT2D eigenvalue weighted by atomic mass is 31.2. The van der Waals surface area contributed by atoms with Crippen molar-refractivity contribution in [1.29, 1.82) is 0 Å². The number of esters is 4. The third-order valence-electron chi connectivity index (χ3n) is 18.5. The number of aliphatic hydroxyl groups is 1. The summed E-state index contributed by atoms with van der Waals surface area (Å²) in [5.41, 5.74) is 0. The third kappa shape index (κ3) is 72.4. The molecule has 582 valence electrons. The first-order chi connectivity index (χ1) is 47.5. The Balaban J connectivity index is 5.21. The number of ether oxygens (including phenoxy) is 4. The smallest absolute Gasteiger partial charge is 0.462 e. The van der Waals surface area contributed by atoms with Crippen molar-refractivity contribution in [3.63, 3.8) is 0 Å². The van der Waals surface area contributed by atoms with Gasteiger partial charge in [0.05, 0.1) is 26.4 Å². The highest BCUT2D eigenvalue weighted by molar-refractivity contribution is 7.47. The van der Waals surface area contributed by atoms with Crippen LogP contribution in [0.1, 0.15) is 420 Å². The Hall–Kier alpha value is -1.94. The second kappa shape index (κ2) is 72.0. The van der Waals surface area contributed by atoms with E-state index in [-0.39, 0.29) is 25.7 Å². The minimum atomic E-state index is -4.96. The van der Waals surface area contributed by atoms with Gasteiger partial charge in [-0.2, -0.15) is 0 Å². The lowest BCUT2D eigenvalue weighted by molar-refractivity contribution is -0.161. The minimum absolute atomic E-state index is 0.108. The van der Waals surface area contributed by atoms with Gasteiger partial charge in [-0.05, 0) is 31.6 Å². The van der Waals surface area contributed by atoms with E-state index in [0.717, 1.165) is 95.8 Å². The maximum absolute atomic E-state index is 13.1. The van der Waals surface area contributed by atoms with Crippen molar-refractivity contribution >= 4 is 39.5 Å². The van der Waals surface area contributed by atoms with Crippen molar-refractivity contribution in [3.05, 3.63) is 0 Å². The van der Waals surface area contributed by atoms with Crippen LogP contribution < -0.4 is 0 Å². The first-order valence-corrected chi connectivity index (χ1v) is 44.1. The average molecular weight is 1440 g/mol. The zero-order chi connectivity index (χ0) is 71.9. The maximum atomic E-state index is 13.1. The monoisotopic (exact) mass is 1440 g/mol. The van der Waals surface area contributed by atoms with Crippen LogP contribution in [0.3, 0.4) is 0 Å². The normalized spacial score (nSPS) is 13.9. The summed E-state index contributed by atoms with van der Waals surface area (Å²) in [6.45, 7) is 7.35. The topological polar surface area (TPSA) is 237 Å². The molecule has 0 rings (SSSR count). The molecule has 0 aromatic carbocycles. The number of rotatable bonds is 79. The first kappa shape index (κ1) is 96.1. The van der Waals surface area contributed by atoms with Gasteiger partial charge in [-0.15, -0.1) is 0 Å². The van der Waals surface area contributed by atoms with E-state index in [2.05, 4.69) is 34.6 Å². The van der Waals surface area contributed by atoms with E-state index in [9.17, 15) is 43.2 Å². The van der Waals surface area contributed by atoms with Crippen molar-refractivity contribution in [2.75, 3.05) is 39.6 Å². The van der Waals surface area contributed by atoms with E-state index in [1.165, 1.54) is 244 Å². The van der Waals surface area contributed by atoms with E-state index in [0.29, 0.717) is 25.7 Å². The van der Waals surface area contributed by atoms with Crippen molar-refractivity contribution in [2.24, 2.45) is 5.92 Å². The summed E-state index contributed by atoms with van der Waals surface area (Å²) in [7, 11) is -9.91. The second-order valence-corrected chi connectivity index (χ2v) is 31.8. The fraction of sp³-hybridized carbons (Fsp3) is 0.949. The van der Waals surface area contributed by atoms with E-state index in [1.807, 2.05) is 0 Å². The molecule has 0 amide bonds. The summed E-state index contributed by atoms with van der Waals surface area (Å²) in [6.07, 6.45) is 62.3. The fourth-order valence-corrected chi connectivity index (χ4v) is 13.8. The van der Waals surface area contributed by atoms with Crippen molar-refractivity contribution in [1.82, 2.24) is 0 Å². The summed E-state index contributed by atoms with van der Waals surface area (Å²) in [5.74, 6) is -1.29. The number of carbonyl (C=O) groups excluding carboxylic acids is 4. The molecule has 0 heterocycles. The van der Waals surface area contributed by atoms with Gasteiger partial charge in [-0.25, -0.2) is 9.13 Å². The summed E-state index contributed by atoms with van der Waals surface area (Å²) < 4.78 is 68.6. The van der Waals surface area contributed by atoms with Gasteiger partial charge in [-0.1, -0.05) is 369 Å². The largest absolute Gasteiger partial charge is 0.472 e. The van der Waals surface area contributed by atoms with Crippen molar-refractivity contribution in [2.45, 2.75) is 438 Å². The molecule has 0 aliphatic carbocycles. The van der Waals surface area contributed by atoms with Gasteiger partial charge in [0.15, 0.2) is 12.2 Å². The van der Waals surface area contributed by atoms with E-state index in [4.69, 9.17) is 37.0 Å². The Morgan fingerprint density at radius 3 is 0.694 bits per heavy atom. The van der Waals surface area contributed by atoms with Gasteiger partial charge >= 0.3 is 39.5 Å². The summed E-state index contributed by atoms with van der Waals surface area (Å²) in [5, 5.41) is 10.6. The van der Waals surface area contributed by atoms with Crippen LogP contribution >= 0.6 is 15.6 Å². The van der Waals surface area contributed by atoms with Gasteiger partial charge in [0, 0.05) is 25.7 Å². The predicted octanol–water partition coefficient (Wildman–Crippen LogP) is 23.6. The van der Waals surface area contributed by atoms with Crippen LogP contribution in [0.4, 0.5) is 0 Å². The minimum Gasteiger partial charge on any atom is -0.462 e. The van der Waals surface area contributed by atoms with Crippen LogP contribution in [0.5, 0.6) is 0 Å². The summed E-state index contributed by atoms with van der Waals surface area (Å²) >= 11 is 0. The zero-order valence-electron chi connectivity index (χ0n) is 63.9. The Kier molecular flexibility index (Phi) is 70.6. The Labute approximate surface area is 600 Å². The van der Waals surface area contributed by atoms with E-state index >= 15 is 0 Å². The van der Waals surface area contributed by atoms with Crippen LogP contribution in [-0.2, 0) is 65.4 Å². The van der Waals surface area contributed by atoms with Gasteiger partial charge in [0.25, 0.3) is 0 Å². The molecule has 0 spiro atoms. The van der Waals surface area contributed by atoms with Crippen LogP contribution in [0.2, 0.25) is 0 Å². The van der Waals surface area contributed by atoms with E-state index in [1.54, 1.807) is 0 Å². The molecule has 98 heavy (non-hydrogen) atoms. The molecule has 17 nitrogen and oxygen atoms in total. The number of unbranched alkanes of at least 4 members (excludes halogenated alkanes) is 51. The van der Waals surface area contributed by atoms with Gasteiger partial charge in [0.2, 0.25) is 0 Å². The third-order valence-corrected chi connectivity index (χ3v) is 20.4. The molecule has 0 bridgehead atoms. The molecule has 19 heteroatoms. The van der Waals surface area contributed by atoms with Crippen LogP contribution in [-0.4, -0.2) is 96.7 Å². The molecular weight excluding hydrogens is 1280 g/mol. The Morgan fingerprint density at radius 2 is 0.469 bits per heavy atom. The van der Waals surface area contributed by atoms with Gasteiger partial charge in [0.1, 0.15) is 19.3 Å². The second-order valence-electron chi connectivity index (χ2n) is 28.9. The van der Waals surface area contributed by atoms with Crippen LogP contribution in [0.25, 0.3) is 0 Å². The molecule has 0 radical (unpaired) electrons. The Bertz CT molecular complexity index is 1870. The number of phosphoric acid groups is 2. The highest BCUT2D eigenvalue weighted by Gasteiger charge is 2.30. The molecule has 5 atom stereocenters. The molecule has 3 N–H and O–H groups in total. The maximum Gasteiger partial charge on any atom is 0.472 e. The predicted molar refractivity (Wildman–Crippen MR) is 400 cm³/mol. The number of carbonyl (C=O) groups is 4. The number of hydrogen-bond acceptors (Lipinski definition) is 15. The first-order valence-electron chi connectivity index (χ1n) is 41.1. The van der Waals surface area contributed by atoms with Crippen molar-refractivity contribution < 1.29 is 80.2 Å². The highest BCUT2D eigenvalue weighted by Crippen LogP contribution is 2.45. The molecule has 0 aliphatic heterocycles. The molecule has 0 aromatic rings. The molecule has 2 unspecified atom stereocenters. The average Bonchev–Trinajstić information content (AvgIpc) is 1.59. The quantitative estimate of drug-likeness (QED) is 0.0222. The molecule has 0 fully saturated rings. The number of hydrogen-bond donors (Lipinski definition) is 3. The van der Waals surface area contributed by atoms with Crippen LogP contribution in [0, 0.1) is 5.92 Å². The molecule has 0 aromatic heterocycles. The number of aliphatic hydroxyl groups excluding tert-OH is 1. The SMILES string of the molecule is CCCCCCCCCCCCCCCCCC(=O)OC[C@H](COP(=O)(O)OC[C@@H](O)COP(=O)(O)OC[C@@H](COC(=O)CCCCCCCCCCCCC)OC(=O)CCCCCCCCCCCCC)OC(=O)CCCCCCCCCCCCCCCCCCCCC(C)C.